The van der Waals surface area contributed by atoms with Crippen molar-refractivity contribution in [2.75, 3.05) is 57.9 Å². The van der Waals surface area contributed by atoms with Gasteiger partial charge in [0.15, 0.2) is 0 Å². The third-order valence-corrected chi connectivity index (χ3v) is 9.50. The SMILES string of the molecule is COc1cccc(C(=O)N2CCN(C(=O)c3sccc3S(=O)(=O)N3CCSCC3)CC2)c1. The second-order valence-electron chi connectivity index (χ2n) is 7.45. The van der Waals surface area contributed by atoms with Gasteiger partial charge in [-0.25, -0.2) is 8.42 Å². The molecule has 2 amide bonds. The standard InChI is InChI=1S/C21H25N3O5S3/c1-29-17-4-2-3-16(15-17)20(25)22-6-8-23(9-7-22)21(26)19-18(5-12-31-19)32(27,28)24-10-13-30-14-11-24/h2-5,12,15H,6-11,13-14H2,1H3. The van der Waals surface area contributed by atoms with E-state index in [0.717, 1.165) is 22.8 Å². The van der Waals surface area contributed by atoms with E-state index in [1.807, 2.05) is 0 Å². The monoisotopic (exact) mass is 495 g/mol. The second kappa shape index (κ2) is 9.82. The molecule has 1 aromatic carbocycles. The zero-order valence-corrected chi connectivity index (χ0v) is 20.2. The molecule has 11 heteroatoms. The fraction of sp³-hybridized carbons (Fsp3) is 0.429. The van der Waals surface area contributed by atoms with Gasteiger partial charge in [0.1, 0.15) is 15.5 Å². The Morgan fingerprint density at radius 1 is 0.938 bits per heavy atom. The summed E-state index contributed by atoms with van der Waals surface area (Å²) in [6, 6.07) is 8.51. The van der Waals surface area contributed by atoms with Crippen molar-refractivity contribution in [2.45, 2.75) is 4.90 Å². The highest BCUT2D eigenvalue weighted by Crippen LogP contribution is 2.28. The number of sulfonamides is 1. The Bertz CT molecular complexity index is 1090. The molecule has 2 aliphatic rings. The minimum atomic E-state index is -3.69. The number of carbonyl (C=O) groups excluding carboxylic acids is 2. The predicted octanol–water partition coefficient (Wildman–Crippen LogP) is 2.09. The van der Waals surface area contributed by atoms with Crippen LogP contribution in [0.15, 0.2) is 40.6 Å². The lowest BCUT2D eigenvalue weighted by Gasteiger charge is -2.35. The van der Waals surface area contributed by atoms with Gasteiger partial charge in [-0.15, -0.1) is 11.3 Å². The van der Waals surface area contributed by atoms with Crippen LogP contribution in [0.2, 0.25) is 0 Å². The molecule has 1 aromatic heterocycles. The van der Waals surface area contributed by atoms with Crippen molar-refractivity contribution in [1.82, 2.24) is 14.1 Å². The van der Waals surface area contributed by atoms with Crippen LogP contribution in [0.3, 0.4) is 0 Å². The van der Waals surface area contributed by atoms with Crippen LogP contribution < -0.4 is 4.74 Å². The van der Waals surface area contributed by atoms with Crippen LogP contribution in [0.5, 0.6) is 5.75 Å². The summed E-state index contributed by atoms with van der Waals surface area (Å²) in [4.78, 5) is 29.7. The highest BCUT2D eigenvalue weighted by atomic mass is 32.2. The van der Waals surface area contributed by atoms with Gasteiger partial charge in [0.05, 0.1) is 7.11 Å². The van der Waals surface area contributed by atoms with Gasteiger partial charge in [0, 0.05) is 56.3 Å². The van der Waals surface area contributed by atoms with Gasteiger partial charge >= 0.3 is 0 Å². The highest BCUT2D eigenvalue weighted by Gasteiger charge is 2.34. The van der Waals surface area contributed by atoms with E-state index in [1.54, 1.807) is 58.3 Å². The first kappa shape index (κ1) is 23.1. The fourth-order valence-electron chi connectivity index (χ4n) is 3.78. The molecule has 0 bridgehead atoms. The van der Waals surface area contributed by atoms with E-state index in [4.69, 9.17) is 4.74 Å². The third-order valence-electron chi connectivity index (χ3n) is 5.58. The molecular formula is C21H25N3O5S3. The van der Waals surface area contributed by atoms with Crippen LogP contribution in [0.1, 0.15) is 20.0 Å². The van der Waals surface area contributed by atoms with E-state index in [0.29, 0.717) is 50.6 Å². The molecule has 0 spiro atoms. The lowest BCUT2D eigenvalue weighted by atomic mass is 10.1. The van der Waals surface area contributed by atoms with E-state index in [1.165, 1.54) is 10.4 Å². The lowest BCUT2D eigenvalue weighted by Crippen LogP contribution is -2.50. The zero-order chi connectivity index (χ0) is 22.7. The van der Waals surface area contributed by atoms with Gasteiger partial charge in [0.25, 0.3) is 11.8 Å². The molecule has 0 saturated carbocycles. The second-order valence-corrected chi connectivity index (χ2v) is 11.5. The van der Waals surface area contributed by atoms with Gasteiger partial charge in [-0.2, -0.15) is 16.1 Å². The topological polar surface area (TPSA) is 87.2 Å². The Kier molecular flexibility index (Phi) is 7.08. The number of piperazine rings is 1. The lowest BCUT2D eigenvalue weighted by molar-refractivity contribution is 0.0536. The molecule has 0 N–H and O–H groups in total. The summed E-state index contributed by atoms with van der Waals surface area (Å²) in [7, 11) is -2.14. The van der Waals surface area contributed by atoms with E-state index in [9.17, 15) is 18.0 Å². The van der Waals surface area contributed by atoms with Crippen LogP contribution >= 0.6 is 23.1 Å². The van der Waals surface area contributed by atoms with Crippen molar-refractivity contribution in [1.29, 1.82) is 0 Å². The minimum Gasteiger partial charge on any atom is -0.497 e. The maximum atomic E-state index is 13.2. The Hall–Kier alpha value is -2.08. The molecule has 3 heterocycles. The Balaban J connectivity index is 1.43. The van der Waals surface area contributed by atoms with Crippen molar-refractivity contribution >= 4 is 44.9 Å². The number of thiophene rings is 1. The average Bonchev–Trinajstić information content (AvgIpc) is 3.35. The number of benzene rings is 1. The average molecular weight is 496 g/mol. The molecule has 2 aliphatic heterocycles. The summed E-state index contributed by atoms with van der Waals surface area (Å²) in [5, 5.41) is 1.65. The largest absolute Gasteiger partial charge is 0.497 e. The Morgan fingerprint density at radius 3 is 2.25 bits per heavy atom. The van der Waals surface area contributed by atoms with Crippen LogP contribution in [0, 0.1) is 0 Å². The van der Waals surface area contributed by atoms with Gasteiger partial charge in [0.2, 0.25) is 10.0 Å². The summed E-state index contributed by atoms with van der Waals surface area (Å²) in [5.74, 6) is 1.73. The number of carbonyl (C=O) groups is 2. The molecule has 0 aliphatic carbocycles. The number of hydrogen-bond acceptors (Lipinski definition) is 7. The number of amides is 2. The van der Waals surface area contributed by atoms with Gasteiger partial charge in [-0.1, -0.05) is 6.07 Å². The number of ether oxygens (including phenoxy) is 1. The molecule has 2 saturated heterocycles. The van der Waals surface area contributed by atoms with E-state index < -0.39 is 10.0 Å². The summed E-state index contributed by atoms with van der Waals surface area (Å²) in [6.07, 6.45) is 0. The quantitative estimate of drug-likeness (QED) is 0.631. The smallest absolute Gasteiger partial charge is 0.265 e. The number of nitrogens with zero attached hydrogens (tertiary/aromatic N) is 3. The van der Waals surface area contributed by atoms with Crippen LogP contribution in [0.4, 0.5) is 0 Å². The maximum Gasteiger partial charge on any atom is 0.265 e. The fourth-order valence-corrected chi connectivity index (χ4v) is 7.72. The van der Waals surface area contributed by atoms with Crippen molar-refractivity contribution in [3.05, 3.63) is 46.2 Å². The van der Waals surface area contributed by atoms with Crippen LogP contribution in [-0.2, 0) is 10.0 Å². The summed E-state index contributed by atoms with van der Waals surface area (Å²) >= 11 is 2.88. The van der Waals surface area contributed by atoms with Crippen molar-refractivity contribution in [3.8, 4) is 5.75 Å². The molecule has 172 valence electrons. The van der Waals surface area contributed by atoms with E-state index in [-0.39, 0.29) is 21.6 Å². The molecule has 32 heavy (non-hydrogen) atoms. The Labute approximate surface area is 196 Å². The van der Waals surface area contributed by atoms with E-state index >= 15 is 0 Å². The van der Waals surface area contributed by atoms with Gasteiger partial charge < -0.3 is 14.5 Å². The van der Waals surface area contributed by atoms with Crippen LogP contribution in [0.25, 0.3) is 0 Å². The molecule has 4 rings (SSSR count). The molecule has 0 atom stereocenters. The maximum absolute atomic E-state index is 13.2. The number of rotatable bonds is 5. The zero-order valence-electron chi connectivity index (χ0n) is 17.7. The van der Waals surface area contributed by atoms with Crippen LogP contribution in [-0.4, -0.2) is 92.2 Å². The van der Waals surface area contributed by atoms with Gasteiger partial charge in [-0.05, 0) is 29.6 Å². The summed E-state index contributed by atoms with van der Waals surface area (Å²) in [5.41, 5.74) is 0.537. The Morgan fingerprint density at radius 2 is 1.59 bits per heavy atom. The molecule has 0 radical (unpaired) electrons. The predicted molar refractivity (Wildman–Crippen MR) is 125 cm³/mol. The summed E-state index contributed by atoms with van der Waals surface area (Å²) < 4.78 is 32.8. The first-order chi connectivity index (χ1) is 15.4. The molecule has 0 unspecified atom stereocenters. The summed E-state index contributed by atoms with van der Waals surface area (Å²) in [6.45, 7) is 2.40. The van der Waals surface area contributed by atoms with Crippen molar-refractivity contribution in [3.63, 3.8) is 0 Å². The first-order valence-corrected chi connectivity index (χ1v) is 13.8. The normalized spacial score (nSPS) is 17.9. The molecule has 2 fully saturated rings. The highest BCUT2D eigenvalue weighted by molar-refractivity contribution is 7.99. The minimum absolute atomic E-state index is 0.0919. The van der Waals surface area contributed by atoms with Gasteiger partial charge in [-0.3, -0.25) is 9.59 Å². The first-order valence-electron chi connectivity index (χ1n) is 10.3. The van der Waals surface area contributed by atoms with E-state index in [2.05, 4.69) is 0 Å². The van der Waals surface area contributed by atoms with Crippen molar-refractivity contribution in [2.24, 2.45) is 0 Å². The third kappa shape index (κ3) is 4.66. The van der Waals surface area contributed by atoms with Crippen molar-refractivity contribution < 1.29 is 22.7 Å². The molecule has 2 aromatic rings. The number of thioether (sulfide) groups is 1. The number of methoxy groups -OCH3 is 1. The number of hydrogen-bond donors (Lipinski definition) is 0. The molecule has 8 nitrogen and oxygen atoms in total. The molecular weight excluding hydrogens is 470 g/mol.